The summed E-state index contributed by atoms with van der Waals surface area (Å²) in [5.74, 6) is -0.704. The summed E-state index contributed by atoms with van der Waals surface area (Å²) >= 11 is 5.63. The summed E-state index contributed by atoms with van der Waals surface area (Å²) in [4.78, 5) is 15.6. The molecule has 1 aromatic carbocycles. The number of anilines is 2. The van der Waals surface area contributed by atoms with Gasteiger partial charge in [0.05, 0.1) is 23.1 Å². The van der Waals surface area contributed by atoms with Crippen molar-refractivity contribution in [2.45, 2.75) is 6.18 Å². The molecule has 1 heterocycles. The van der Waals surface area contributed by atoms with E-state index in [4.69, 9.17) is 17.3 Å². The lowest BCUT2D eigenvalue weighted by atomic mass is 10.1. The van der Waals surface area contributed by atoms with Crippen molar-refractivity contribution in [3.05, 3.63) is 52.8 Å². The maximum atomic E-state index is 12.6. The van der Waals surface area contributed by atoms with Crippen molar-refractivity contribution in [2.75, 3.05) is 11.1 Å². The number of amides is 1. The van der Waals surface area contributed by atoms with Crippen LogP contribution in [0.25, 0.3) is 0 Å². The number of nitrogens with two attached hydrogens (primary N) is 1. The molecule has 0 fully saturated rings. The Labute approximate surface area is 122 Å². The van der Waals surface area contributed by atoms with Crippen LogP contribution in [-0.2, 0) is 6.18 Å². The summed E-state index contributed by atoms with van der Waals surface area (Å²) in [7, 11) is 0. The minimum absolute atomic E-state index is 0.0760. The molecule has 0 unspecified atom stereocenters. The van der Waals surface area contributed by atoms with Gasteiger partial charge in [-0.05, 0) is 24.3 Å². The average Bonchev–Trinajstić information content (AvgIpc) is 2.42. The minimum Gasteiger partial charge on any atom is -0.396 e. The number of halogens is 4. The number of pyridine rings is 1. The van der Waals surface area contributed by atoms with Gasteiger partial charge in [0.15, 0.2) is 5.15 Å². The molecule has 110 valence electrons. The molecule has 0 radical (unpaired) electrons. The number of alkyl halides is 3. The first kappa shape index (κ1) is 15.1. The van der Waals surface area contributed by atoms with E-state index in [2.05, 4.69) is 10.3 Å². The standard InChI is InChI=1S/C13H9ClF3N3O/c14-11-10(18)5-9(6-19-11)20-12(21)7-2-1-3-8(4-7)13(15,16)17/h1-6H,18H2,(H,20,21). The van der Waals surface area contributed by atoms with Gasteiger partial charge < -0.3 is 11.1 Å². The van der Waals surface area contributed by atoms with Gasteiger partial charge in [-0.25, -0.2) is 4.98 Å². The van der Waals surface area contributed by atoms with Crippen molar-refractivity contribution >= 4 is 28.9 Å². The van der Waals surface area contributed by atoms with Crippen LogP contribution in [0.4, 0.5) is 24.5 Å². The van der Waals surface area contributed by atoms with Gasteiger partial charge >= 0.3 is 6.18 Å². The molecule has 4 nitrogen and oxygen atoms in total. The Morgan fingerprint density at radius 1 is 1.29 bits per heavy atom. The lowest BCUT2D eigenvalue weighted by Crippen LogP contribution is -2.14. The first-order valence-corrected chi connectivity index (χ1v) is 6.05. The maximum Gasteiger partial charge on any atom is 0.416 e. The summed E-state index contributed by atoms with van der Waals surface area (Å²) in [6, 6.07) is 5.45. The smallest absolute Gasteiger partial charge is 0.396 e. The van der Waals surface area contributed by atoms with Gasteiger partial charge in [0.2, 0.25) is 0 Å². The predicted molar refractivity (Wildman–Crippen MR) is 73.1 cm³/mol. The molecule has 0 atom stereocenters. The number of hydrogen-bond donors (Lipinski definition) is 2. The van der Waals surface area contributed by atoms with Gasteiger partial charge in [-0.2, -0.15) is 13.2 Å². The highest BCUT2D eigenvalue weighted by Gasteiger charge is 2.30. The molecular weight excluding hydrogens is 307 g/mol. The quantitative estimate of drug-likeness (QED) is 0.832. The molecule has 0 spiro atoms. The number of aromatic nitrogens is 1. The summed E-state index contributed by atoms with van der Waals surface area (Å²) < 4.78 is 37.7. The zero-order valence-electron chi connectivity index (χ0n) is 10.4. The first-order valence-electron chi connectivity index (χ1n) is 5.67. The second-order valence-corrected chi connectivity index (χ2v) is 4.49. The average molecular weight is 316 g/mol. The van der Waals surface area contributed by atoms with Crippen molar-refractivity contribution in [1.82, 2.24) is 4.98 Å². The fourth-order valence-corrected chi connectivity index (χ4v) is 1.68. The number of rotatable bonds is 2. The molecule has 0 bridgehead atoms. The molecule has 0 aliphatic rings. The third-order valence-electron chi connectivity index (χ3n) is 2.58. The normalized spacial score (nSPS) is 11.2. The second-order valence-electron chi connectivity index (χ2n) is 4.14. The highest BCUT2D eigenvalue weighted by molar-refractivity contribution is 6.31. The molecular formula is C13H9ClF3N3O. The number of nitrogens with zero attached hydrogens (tertiary/aromatic N) is 1. The molecule has 0 saturated carbocycles. The maximum absolute atomic E-state index is 12.6. The van der Waals surface area contributed by atoms with Gasteiger partial charge in [0.25, 0.3) is 5.91 Å². The van der Waals surface area contributed by atoms with Gasteiger partial charge in [0, 0.05) is 5.56 Å². The van der Waals surface area contributed by atoms with Crippen LogP contribution in [0.3, 0.4) is 0 Å². The SMILES string of the molecule is Nc1cc(NC(=O)c2cccc(C(F)(F)F)c2)cnc1Cl. The number of hydrogen-bond acceptors (Lipinski definition) is 3. The lowest BCUT2D eigenvalue weighted by molar-refractivity contribution is -0.137. The molecule has 1 amide bonds. The molecule has 8 heteroatoms. The van der Waals surface area contributed by atoms with Crippen molar-refractivity contribution < 1.29 is 18.0 Å². The Balaban J connectivity index is 2.22. The second kappa shape index (κ2) is 5.61. The topological polar surface area (TPSA) is 68.0 Å². The van der Waals surface area contributed by atoms with Crippen LogP contribution < -0.4 is 11.1 Å². The van der Waals surface area contributed by atoms with E-state index in [1.54, 1.807) is 0 Å². The Morgan fingerprint density at radius 3 is 2.62 bits per heavy atom. The molecule has 0 aliphatic heterocycles. The van der Waals surface area contributed by atoms with Crippen LogP contribution >= 0.6 is 11.6 Å². The van der Waals surface area contributed by atoms with Crippen LogP contribution in [0.2, 0.25) is 5.15 Å². The Hall–Kier alpha value is -2.28. The van der Waals surface area contributed by atoms with Crippen LogP contribution in [0, 0.1) is 0 Å². The number of benzene rings is 1. The van der Waals surface area contributed by atoms with Crippen LogP contribution in [0.15, 0.2) is 36.5 Å². The number of nitrogen functional groups attached to an aromatic ring is 1. The molecule has 0 aliphatic carbocycles. The fourth-order valence-electron chi connectivity index (χ4n) is 1.57. The van der Waals surface area contributed by atoms with Gasteiger partial charge in [-0.1, -0.05) is 17.7 Å². The van der Waals surface area contributed by atoms with E-state index in [1.165, 1.54) is 18.3 Å². The molecule has 3 N–H and O–H groups in total. The molecule has 2 aromatic rings. The zero-order valence-corrected chi connectivity index (χ0v) is 11.2. The van der Waals surface area contributed by atoms with Crippen molar-refractivity contribution in [3.63, 3.8) is 0 Å². The van der Waals surface area contributed by atoms with E-state index in [0.717, 1.165) is 18.2 Å². The number of carbonyl (C=O) groups is 1. The third kappa shape index (κ3) is 3.63. The highest BCUT2D eigenvalue weighted by Crippen LogP contribution is 2.29. The van der Waals surface area contributed by atoms with E-state index in [0.29, 0.717) is 0 Å². The summed E-state index contributed by atoms with van der Waals surface area (Å²) in [6.45, 7) is 0. The van der Waals surface area contributed by atoms with E-state index in [-0.39, 0.29) is 22.1 Å². The first-order chi connectivity index (χ1) is 9.77. The zero-order chi connectivity index (χ0) is 15.6. The summed E-state index contributed by atoms with van der Waals surface area (Å²) in [5, 5.41) is 2.47. The van der Waals surface area contributed by atoms with Crippen molar-refractivity contribution in [1.29, 1.82) is 0 Å². The largest absolute Gasteiger partial charge is 0.416 e. The number of carbonyl (C=O) groups excluding carboxylic acids is 1. The lowest BCUT2D eigenvalue weighted by Gasteiger charge is -2.09. The molecule has 2 rings (SSSR count). The van der Waals surface area contributed by atoms with E-state index in [1.807, 2.05) is 0 Å². The van der Waals surface area contributed by atoms with Crippen molar-refractivity contribution in [2.24, 2.45) is 0 Å². The third-order valence-corrected chi connectivity index (χ3v) is 2.89. The van der Waals surface area contributed by atoms with Crippen LogP contribution in [-0.4, -0.2) is 10.9 Å². The summed E-state index contributed by atoms with van der Waals surface area (Å²) in [5.41, 5.74) is 4.88. The summed E-state index contributed by atoms with van der Waals surface area (Å²) in [6.07, 6.45) is -3.26. The van der Waals surface area contributed by atoms with Crippen LogP contribution in [0.1, 0.15) is 15.9 Å². The monoisotopic (exact) mass is 315 g/mol. The van der Waals surface area contributed by atoms with Crippen LogP contribution in [0.5, 0.6) is 0 Å². The van der Waals surface area contributed by atoms with Crippen molar-refractivity contribution in [3.8, 4) is 0 Å². The fraction of sp³-hybridized carbons (Fsp3) is 0.0769. The highest BCUT2D eigenvalue weighted by atomic mass is 35.5. The predicted octanol–water partition coefficient (Wildman–Crippen LogP) is 3.59. The van der Waals surface area contributed by atoms with Gasteiger partial charge in [-0.3, -0.25) is 4.79 Å². The van der Waals surface area contributed by atoms with Gasteiger partial charge in [-0.15, -0.1) is 0 Å². The minimum atomic E-state index is -4.51. The molecule has 1 aromatic heterocycles. The van der Waals surface area contributed by atoms with Gasteiger partial charge in [0.1, 0.15) is 0 Å². The number of nitrogens with one attached hydrogen (secondary N) is 1. The Kier molecular flexibility index (Phi) is 4.04. The Morgan fingerprint density at radius 2 is 2.00 bits per heavy atom. The molecule has 0 saturated heterocycles. The van der Waals surface area contributed by atoms with E-state index < -0.39 is 17.6 Å². The molecule has 21 heavy (non-hydrogen) atoms. The van der Waals surface area contributed by atoms with E-state index in [9.17, 15) is 18.0 Å². The van der Waals surface area contributed by atoms with E-state index >= 15 is 0 Å². The Bertz CT molecular complexity index is 689.